The van der Waals surface area contributed by atoms with Gasteiger partial charge in [-0.05, 0) is 24.3 Å². The van der Waals surface area contributed by atoms with Crippen LogP contribution in [0.5, 0.6) is 5.75 Å². The second kappa shape index (κ2) is 5.42. The number of phenols is 1. The summed E-state index contributed by atoms with van der Waals surface area (Å²) in [5.41, 5.74) is 1.99. The number of hydrogen-bond acceptors (Lipinski definition) is 6. The summed E-state index contributed by atoms with van der Waals surface area (Å²) in [6, 6.07) is 7.36. The highest BCUT2D eigenvalue weighted by molar-refractivity contribution is 5.86. The zero-order chi connectivity index (χ0) is 15.8. The number of anilines is 2. The Balaban J connectivity index is 1.54. The number of fused-ring (bicyclic) bond motifs is 1. The second-order valence-corrected chi connectivity index (χ2v) is 5.69. The SMILES string of the molecule is Cn1ncc2c(N3CCN(c4ccc(O)cc4)CC3)ncnc21. The van der Waals surface area contributed by atoms with Crippen molar-refractivity contribution in [3.8, 4) is 5.75 Å². The van der Waals surface area contributed by atoms with Crippen LogP contribution in [0.1, 0.15) is 0 Å². The van der Waals surface area contributed by atoms with E-state index >= 15 is 0 Å². The number of nitrogens with zero attached hydrogens (tertiary/aromatic N) is 6. The molecule has 3 heterocycles. The molecule has 1 aliphatic rings. The molecule has 4 rings (SSSR count). The average Bonchev–Trinajstić information content (AvgIpc) is 2.97. The molecule has 3 aromatic rings. The van der Waals surface area contributed by atoms with Crippen LogP contribution in [0.3, 0.4) is 0 Å². The first-order valence-corrected chi connectivity index (χ1v) is 7.64. The van der Waals surface area contributed by atoms with Gasteiger partial charge in [0.2, 0.25) is 0 Å². The van der Waals surface area contributed by atoms with Gasteiger partial charge in [-0.25, -0.2) is 9.97 Å². The lowest BCUT2D eigenvalue weighted by Crippen LogP contribution is -2.46. The van der Waals surface area contributed by atoms with Crippen molar-refractivity contribution in [3.63, 3.8) is 0 Å². The van der Waals surface area contributed by atoms with Gasteiger partial charge in [0.25, 0.3) is 0 Å². The average molecular weight is 310 g/mol. The van der Waals surface area contributed by atoms with Crippen LogP contribution in [0.4, 0.5) is 11.5 Å². The molecule has 7 heteroatoms. The molecule has 0 bridgehead atoms. The Hall–Kier alpha value is -2.83. The van der Waals surface area contributed by atoms with Gasteiger partial charge >= 0.3 is 0 Å². The van der Waals surface area contributed by atoms with Crippen molar-refractivity contribution in [3.05, 3.63) is 36.8 Å². The molecule has 118 valence electrons. The molecule has 1 N–H and O–H groups in total. The monoisotopic (exact) mass is 310 g/mol. The van der Waals surface area contributed by atoms with Crippen LogP contribution in [0, 0.1) is 0 Å². The summed E-state index contributed by atoms with van der Waals surface area (Å²) in [5.74, 6) is 1.25. The van der Waals surface area contributed by atoms with Gasteiger partial charge in [-0.1, -0.05) is 0 Å². The molecular formula is C16H18N6O. The van der Waals surface area contributed by atoms with E-state index in [2.05, 4.69) is 24.9 Å². The highest BCUT2D eigenvalue weighted by atomic mass is 16.3. The number of benzene rings is 1. The maximum absolute atomic E-state index is 9.40. The van der Waals surface area contributed by atoms with E-state index in [4.69, 9.17) is 0 Å². The van der Waals surface area contributed by atoms with Crippen molar-refractivity contribution >= 4 is 22.5 Å². The molecule has 7 nitrogen and oxygen atoms in total. The summed E-state index contributed by atoms with van der Waals surface area (Å²) >= 11 is 0. The quantitative estimate of drug-likeness (QED) is 0.771. The fourth-order valence-corrected chi connectivity index (χ4v) is 3.04. The highest BCUT2D eigenvalue weighted by Gasteiger charge is 2.21. The van der Waals surface area contributed by atoms with Crippen molar-refractivity contribution in [1.29, 1.82) is 0 Å². The minimum absolute atomic E-state index is 0.298. The number of hydrogen-bond donors (Lipinski definition) is 1. The van der Waals surface area contributed by atoms with E-state index in [1.54, 1.807) is 23.1 Å². The molecular weight excluding hydrogens is 292 g/mol. The van der Waals surface area contributed by atoms with E-state index in [0.717, 1.165) is 48.7 Å². The summed E-state index contributed by atoms with van der Waals surface area (Å²) in [6.07, 6.45) is 3.43. The first-order valence-electron chi connectivity index (χ1n) is 7.64. The Labute approximate surface area is 133 Å². The van der Waals surface area contributed by atoms with Gasteiger partial charge in [0.15, 0.2) is 5.65 Å². The summed E-state index contributed by atoms with van der Waals surface area (Å²) in [4.78, 5) is 13.4. The van der Waals surface area contributed by atoms with Gasteiger partial charge in [-0.2, -0.15) is 5.10 Å². The predicted octanol–water partition coefficient (Wildman–Crippen LogP) is 1.40. The number of aromatic hydroxyl groups is 1. The van der Waals surface area contributed by atoms with Gasteiger partial charge < -0.3 is 14.9 Å². The molecule has 0 aliphatic carbocycles. The van der Waals surface area contributed by atoms with Crippen LogP contribution in [-0.4, -0.2) is 51.0 Å². The molecule has 0 saturated carbocycles. The Morgan fingerprint density at radius 2 is 1.65 bits per heavy atom. The molecule has 0 radical (unpaired) electrons. The molecule has 0 amide bonds. The van der Waals surface area contributed by atoms with Crippen LogP contribution < -0.4 is 9.80 Å². The van der Waals surface area contributed by atoms with Crippen molar-refractivity contribution in [2.75, 3.05) is 36.0 Å². The minimum atomic E-state index is 0.298. The topological polar surface area (TPSA) is 70.3 Å². The van der Waals surface area contributed by atoms with Gasteiger partial charge in [0.1, 0.15) is 17.9 Å². The largest absolute Gasteiger partial charge is 0.508 e. The third-order valence-electron chi connectivity index (χ3n) is 4.30. The molecule has 2 aromatic heterocycles. The third-order valence-corrected chi connectivity index (χ3v) is 4.30. The van der Waals surface area contributed by atoms with Crippen LogP contribution in [0.15, 0.2) is 36.8 Å². The smallest absolute Gasteiger partial charge is 0.163 e. The molecule has 1 aliphatic heterocycles. The maximum atomic E-state index is 9.40. The zero-order valence-corrected chi connectivity index (χ0v) is 12.9. The Kier molecular flexibility index (Phi) is 3.25. The van der Waals surface area contributed by atoms with Gasteiger partial charge in [0.05, 0.1) is 11.6 Å². The zero-order valence-electron chi connectivity index (χ0n) is 12.9. The lowest BCUT2D eigenvalue weighted by atomic mass is 10.2. The lowest BCUT2D eigenvalue weighted by Gasteiger charge is -2.36. The van der Waals surface area contributed by atoms with Gasteiger partial charge in [-0.15, -0.1) is 0 Å². The van der Waals surface area contributed by atoms with Crippen molar-refractivity contribution in [2.45, 2.75) is 0 Å². The van der Waals surface area contributed by atoms with Crippen LogP contribution in [0.2, 0.25) is 0 Å². The number of aryl methyl sites for hydroxylation is 1. The van der Waals surface area contributed by atoms with Crippen molar-refractivity contribution < 1.29 is 5.11 Å². The van der Waals surface area contributed by atoms with E-state index in [9.17, 15) is 5.11 Å². The highest BCUT2D eigenvalue weighted by Crippen LogP contribution is 2.25. The molecule has 23 heavy (non-hydrogen) atoms. The first-order chi connectivity index (χ1) is 11.2. The first kappa shape index (κ1) is 13.8. The van der Waals surface area contributed by atoms with E-state index < -0.39 is 0 Å². The maximum Gasteiger partial charge on any atom is 0.163 e. The number of aromatic nitrogens is 4. The number of phenolic OH excluding ortho intramolecular Hbond substituents is 1. The number of piperazine rings is 1. The van der Waals surface area contributed by atoms with E-state index in [0.29, 0.717) is 5.75 Å². The molecule has 0 unspecified atom stereocenters. The third kappa shape index (κ3) is 2.44. The fourth-order valence-electron chi connectivity index (χ4n) is 3.04. The van der Waals surface area contributed by atoms with Crippen LogP contribution >= 0.6 is 0 Å². The van der Waals surface area contributed by atoms with Crippen molar-refractivity contribution in [1.82, 2.24) is 19.7 Å². The normalized spacial score (nSPS) is 15.3. The summed E-state index contributed by atoms with van der Waals surface area (Å²) < 4.78 is 1.77. The molecule has 1 saturated heterocycles. The van der Waals surface area contributed by atoms with E-state index in [-0.39, 0.29) is 0 Å². The standard InChI is InChI=1S/C16H18N6O/c1-20-15-14(10-19-20)16(18-11-17-15)22-8-6-21(7-9-22)12-2-4-13(23)5-3-12/h2-5,10-11,23H,6-9H2,1H3. The van der Waals surface area contributed by atoms with Crippen LogP contribution in [-0.2, 0) is 7.05 Å². The van der Waals surface area contributed by atoms with Crippen LogP contribution in [0.25, 0.3) is 11.0 Å². The predicted molar refractivity (Wildman–Crippen MR) is 88.8 cm³/mol. The Morgan fingerprint density at radius 3 is 2.39 bits per heavy atom. The Morgan fingerprint density at radius 1 is 0.957 bits per heavy atom. The van der Waals surface area contributed by atoms with E-state index in [1.807, 2.05) is 25.4 Å². The second-order valence-electron chi connectivity index (χ2n) is 5.69. The Bertz CT molecular complexity index is 820. The lowest BCUT2D eigenvalue weighted by molar-refractivity contribution is 0.475. The summed E-state index contributed by atoms with van der Waals surface area (Å²) in [5, 5.41) is 14.7. The van der Waals surface area contributed by atoms with Crippen molar-refractivity contribution in [2.24, 2.45) is 7.05 Å². The van der Waals surface area contributed by atoms with E-state index in [1.165, 1.54) is 0 Å². The van der Waals surface area contributed by atoms with Gasteiger partial charge in [-0.3, -0.25) is 4.68 Å². The molecule has 0 atom stereocenters. The number of rotatable bonds is 2. The molecule has 0 spiro atoms. The molecule has 1 fully saturated rings. The fraction of sp³-hybridized carbons (Fsp3) is 0.312. The summed E-state index contributed by atoms with van der Waals surface area (Å²) in [6.45, 7) is 3.61. The van der Waals surface area contributed by atoms with Gasteiger partial charge in [0, 0.05) is 38.9 Å². The molecule has 1 aromatic carbocycles. The summed E-state index contributed by atoms with van der Waals surface area (Å²) in [7, 11) is 1.89. The minimum Gasteiger partial charge on any atom is -0.508 e.